The molecule has 0 spiro atoms. The molecular formula is C15H18BNO2. The predicted molar refractivity (Wildman–Crippen MR) is 79.6 cm³/mol. The van der Waals surface area contributed by atoms with Crippen LogP contribution in [0.25, 0.3) is 0 Å². The predicted octanol–water partition coefficient (Wildman–Crippen LogP) is 2.29. The molecule has 0 radical (unpaired) electrons. The second-order valence-corrected chi connectivity index (χ2v) is 4.26. The Bertz CT molecular complexity index is 483. The van der Waals surface area contributed by atoms with Crippen molar-refractivity contribution in [3.63, 3.8) is 0 Å². The van der Waals surface area contributed by atoms with E-state index in [-0.39, 0.29) is 7.12 Å². The average Bonchev–Trinajstić information content (AvgIpc) is 2.49. The van der Waals surface area contributed by atoms with Gasteiger partial charge in [-0.1, -0.05) is 42.5 Å². The monoisotopic (exact) mass is 255 g/mol. The van der Waals surface area contributed by atoms with Crippen LogP contribution in [0.3, 0.4) is 0 Å². The average molecular weight is 255 g/mol. The Morgan fingerprint density at radius 1 is 0.895 bits per heavy atom. The summed E-state index contributed by atoms with van der Waals surface area (Å²) in [5.41, 5.74) is 3.35. The molecule has 0 aliphatic rings. The van der Waals surface area contributed by atoms with E-state index in [1.165, 1.54) is 5.56 Å². The zero-order chi connectivity index (χ0) is 13.5. The summed E-state index contributed by atoms with van der Waals surface area (Å²) < 4.78 is 10.4. The van der Waals surface area contributed by atoms with Crippen molar-refractivity contribution in [3.05, 3.63) is 60.2 Å². The van der Waals surface area contributed by atoms with E-state index < -0.39 is 0 Å². The molecule has 4 heteroatoms. The van der Waals surface area contributed by atoms with Gasteiger partial charge in [0.2, 0.25) is 0 Å². The van der Waals surface area contributed by atoms with E-state index in [0.717, 1.165) is 17.7 Å². The maximum Gasteiger partial charge on any atom is 0.493 e. The number of hydrogen-bond donors (Lipinski definition) is 1. The Labute approximate surface area is 114 Å². The van der Waals surface area contributed by atoms with E-state index in [0.29, 0.717) is 0 Å². The van der Waals surface area contributed by atoms with Crippen molar-refractivity contribution in [3.8, 4) is 0 Å². The Balaban J connectivity index is 1.95. The van der Waals surface area contributed by atoms with Crippen LogP contribution in [-0.2, 0) is 15.9 Å². The van der Waals surface area contributed by atoms with Crippen LogP contribution in [0.15, 0.2) is 54.6 Å². The van der Waals surface area contributed by atoms with Gasteiger partial charge in [0, 0.05) is 26.5 Å². The molecule has 0 fully saturated rings. The van der Waals surface area contributed by atoms with Crippen LogP contribution < -0.4 is 10.8 Å². The standard InChI is InChI=1S/C15H18BNO2/c1-18-16(19-2)14-8-10-15(11-9-14)17-12-13-6-4-3-5-7-13/h3-11,17H,12H2,1-2H3. The molecule has 98 valence electrons. The van der Waals surface area contributed by atoms with Crippen molar-refractivity contribution >= 4 is 18.3 Å². The fourth-order valence-corrected chi connectivity index (χ4v) is 1.93. The molecule has 19 heavy (non-hydrogen) atoms. The number of rotatable bonds is 6. The van der Waals surface area contributed by atoms with Crippen LogP contribution in [0.2, 0.25) is 0 Å². The minimum absolute atomic E-state index is 0.303. The molecule has 0 atom stereocenters. The van der Waals surface area contributed by atoms with Gasteiger partial charge in [0.1, 0.15) is 0 Å². The van der Waals surface area contributed by atoms with E-state index in [1.807, 2.05) is 42.5 Å². The van der Waals surface area contributed by atoms with Crippen molar-refractivity contribution in [1.29, 1.82) is 0 Å². The third-order valence-electron chi connectivity index (χ3n) is 2.95. The highest BCUT2D eigenvalue weighted by Gasteiger charge is 2.16. The molecule has 0 saturated heterocycles. The van der Waals surface area contributed by atoms with Gasteiger partial charge in [0.05, 0.1) is 0 Å². The molecule has 2 rings (SSSR count). The highest BCUT2D eigenvalue weighted by atomic mass is 16.6. The second-order valence-electron chi connectivity index (χ2n) is 4.26. The van der Waals surface area contributed by atoms with Gasteiger partial charge in [-0.3, -0.25) is 0 Å². The Kier molecular flexibility index (Phi) is 5.01. The highest BCUT2D eigenvalue weighted by molar-refractivity contribution is 6.61. The van der Waals surface area contributed by atoms with E-state index in [1.54, 1.807) is 14.2 Å². The van der Waals surface area contributed by atoms with Gasteiger partial charge in [0.25, 0.3) is 0 Å². The summed E-state index contributed by atoms with van der Waals surface area (Å²) in [5, 5.41) is 3.38. The smallest absolute Gasteiger partial charge is 0.410 e. The first-order chi connectivity index (χ1) is 9.33. The molecule has 2 aromatic rings. The molecule has 0 saturated carbocycles. The van der Waals surface area contributed by atoms with Crippen LogP contribution in [-0.4, -0.2) is 21.3 Å². The van der Waals surface area contributed by atoms with E-state index in [2.05, 4.69) is 17.4 Å². The molecule has 1 N–H and O–H groups in total. The van der Waals surface area contributed by atoms with Gasteiger partial charge in [0.15, 0.2) is 0 Å². The van der Waals surface area contributed by atoms with Gasteiger partial charge < -0.3 is 14.6 Å². The summed E-state index contributed by atoms with van der Waals surface area (Å²) in [6.45, 7) is 0.818. The molecule has 0 amide bonds. The first-order valence-electron chi connectivity index (χ1n) is 6.27. The number of anilines is 1. The van der Waals surface area contributed by atoms with E-state index in [4.69, 9.17) is 9.31 Å². The van der Waals surface area contributed by atoms with Gasteiger partial charge in [-0.15, -0.1) is 0 Å². The molecule has 3 nitrogen and oxygen atoms in total. The fraction of sp³-hybridized carbons (Fsp3) is 0.200. The molecule has 2 aromatic carbocycles. The summed E-state index contributed by atoms with van der Waals surface area (Å²) in [6.07, 6.45) is 0. The maximum absolute atomic E-state index is 5.21. The number of hydrogen-bond acceptors (Lipinski definition) is 3. The van der Waals surface area contributed by atoms with Gasteiger partial charge in [-0.2, -0.15) is 0 Å². The van der Waals surface area contributed by atoms with Gasteiger partial charge >= 0.3 is 7.12 Å². The largest absolute Gasteiger partial charge is 0.493 e. The third kappa shape index (κ3) is 3.84. The first kappa shape index (κ1) is 13.7. The minimum atomic E-state index is -0.303. The topological polar surface area (TPSA) is 30.5 Å². The van der Waals surface area contributed by atoms with Crippen LogP contribution in [0, 0.1) is 0 Å². The maximum atomic E-state index is 5.21. The van der Waals surface area contributed by atoms with Crippen LogP contribution in [0.5, 0.6) is 0 Å². The van der Waals surface area contributed by atoms with Gasteiger partial charge in [-0.05, 0) is 23.2 Å². The first-order valence-corrected chi connectivity index (χ1v) is 6.27. The molecule has 0 aliphatic heterocycles. The Morgan fingerprint density at radius 3 is 2.11 bits per heavy atom. The lowest BCUT2D eigenvalue weighted by atomic mass is 9.79. The van der Waals surface area contributed by atoms with E-state index in [9.17, 15) is 0 Å². The number of benzene rings is 2. The van der Waals surface area contributed by atoms with Crippen LogP contribution >= 0.6 is 0 Å². The van der Waals surface area contributed by atoms with Crippen LogP contribution in [0.4, 0.5) is 5.69 Å². The van der Waals surface area contributed by atoms with Crippen molar-refractivity contribution in [1.82, 2.24) is 0 Å². The molecule has 0 aliphatic carbocycles. The number of nitrogens with one attached hydrogen (secondary N) is 1. The van der Waals surface area contributed by atoms with Crippen molar-refractivity contribution in [2.75, 3.05) is 19.5 Å². The molecule has 0 unspecified atom stereocenters. The Hall–Kier alpha value is -1.78. The summed E-state index contributed by atoms with van der Waals surface area (Å²) in [7, 11) is 2.97. The SMILES string of the molecule is COB(OC)c1ccc(NCc2ccccc2)cc1. The Morgan fingerprint density at radius 2 is 1.53 bits per heavy atom. The van der Waals surface area contributed by atoms with Crippen molar-refractivity contribution in [2.24, 2.45) is 0 Å². The summed E-state index contributed by atoms with van der Waals surface area (Å²) in [5.74, 6) is 0. The normalized spacial score (nSPS) is 10.2. The van der Waals surface area contributed by atoms with Crippen molar-refractivity contribution < 1.29 is 9.31 Å². The lowest BCUT2D eigenvalue weighted by Crippen LogP contribution is -2.34. The highest BCUT2D eigenvalue weighted by Crippen LogP contribution is 2.08. The van der Waals surface area contributed by atoms with Crippen molar-refractivity contribution in [2.45, 2.75) is 6.54 Å². The lowest BCUT2D eigenvalue weighted by molar-refractivity contribution is 0.292. The third-order valence-corrected chi connectivity index (χ3v) is 2.95. The minimum Gasteiger partial charge on any atom is -0.410 e. The summed E-state index contributed by atoms with van der Waals surface area (Å²) in [4.78, 5) is 0. The second kappa shape index (κ2) is 6.97. The molecular weight excluding hydrogens is 237 g/mol. The summed E-state index contributed by atoms with van der Waals surface area (Å²) in [6, 6.07) is 18.4. The van der Waals surface area contributed by atoms with Gasteiger partial charge in [-0.25, -0.2) is 0 Å². The zero-order valence-corrected chi connectivity index (χ0v) is 11.3. The lowest BCUT2D eigenvalue weighted by Gasteiger charge is -2.10. The quantitative estimate of drug-likeness (QED) is 0.803. The molecule has 0 bridgehead atoms. The van der Waals surface area contributed by atoms with Crippen LogP contribution in [0.1, 0.15) is 5.56 Å². The fourth-order valence-electron chi connectivity index (χ4n) is 1.93. The zero-order valence-electron chi connectivity index (χ0n) is 11.3. The summed E-state index contributed by atoms with van der Waals surface area (Å²) >= 11 is 0. The molecule has 0 aromatic heterocycles. The molecule has 0 heterocycles. The van der Waals surface area contributed by atoms with E-state index >= 15 is 0 Å².